The lowest BCUT2D eigenvalue weighted by Gasteiger charge is -2.07. The predicted molar refractivity (Wildman–Crippen MR) is 161 cm³/mol. The van der Waals surface area contributed by atoms with Crippen LogP contribution >= 0.6 is 0 Å². The Kier molecular flexibility index (Phi) is 23.9. The van der Waals surface area contributed by atoms with Gasteiger partial charge in [0.2, 0.25) is 0 Å². The molecule has 0 N–H and O–H groups in total. The quantitative estimate of drug-likeness (QED) is 0.0794. The van der Waals surface area contributed by atoms with E-state index < -0.39 is 0 Å². The number of nitrogens with zero attached hydrogens (tertiary/aromatic N) is 2. The second-order valence-electron chi connectivity index (χ2n) is 11.6. The van der Waals surface area contributed by atoms with E-state index in [1.165, 1.54) is 180 Å². The third kappa shape index (κ3) is 18.5. The Hall–Kier alpha value is -0.790. The van der Waals surface area contributed by atoms with Crippen LogP contribution in [0.3, 0.4) is 0 Å². The van der Waals surface area contributed by atoms with E-state index in [2.05, 4.69) is 42.3 Å². The van der Waals surface area contributed by atoms with Crippen molar-refractivity contribution in [2.45, 2.75) is 201 Å². The number of aryl methyl sites for hydroxylation is 2. The first-order valence-electron chi connectivity index (χ1n) is 16.9. The maximum absolute atomic E-state index is 2.62. The van der Waals surface area contributed by atoms with E-state index in [-0.39, 0.29) is 0 Å². The molecule has 0 aliphatic rings. The Balaban J connectivity index is 2.31. The molecule has 0 aliphatic heterocycles. The Bertz CT molecular complexity index is 562. The second kappa shape index (κ2) is 25.8. The lowest BCUT2D eigenvalue weighted by Crippen LogP contribution is -2.37. The van der Waals surface area contributed by atoms with Crippen molar-refractivity contribution in [2.75, 3.05) is 0 Å². The molecule has 1 aromatic heterocycles. The van der Waals surface area contributed by atoms with Crippen LogP contribution in [0, 0.1) is 0 Å². The van der Waals surface area contributed by atoms with Crippen molar-refractivity contribution >= 4 is 0 Å². The van der Waals surface area contributed by atoms with Crippen molar-refractivity contribution in [3.05, 3.63) is 18.2 Å². The van der Waals surface area contributed by atoms with Gasteiger partial charge < -0.3 is 0 Å². The van der Waals surface area contributed by atoms with Crippen LogP contribution in [0.5, 0.6) is 0 Å². The fourth-order valence-corrected chi connectivity index (χ4v) is 5.62. The third-order valence-electron chi connectivity index (χ3n) is 8.10. The monoisotopic (exact) mass is 504 g/mol. The van der Waals surface area contributed by atoms with E-state index in [9.17, 15) is 0 Å². The molecule has 0 aliphatic carbocycles. The van der Waals surface area contributed by atoms with Crippen molar-refractivity contribution in [3.63, 3.8) is 0 Å². The molecule has 36 heavy (non-hydrogen) atoms. The lowest BCUT2D eigenvalue weighted by atomic mass is 10.1. The van der Waals surface area contributed by atoms with E-state index in [1.54, 1.807) is 5.82 Å². The van der Waals surface area contributed by atoms with Crippen LogP contribution in [0.4, 0.5) is 0 Å². The number of hydrogen-bond donors (Lipinski definition) is 0. The molecule has 2 heteroatoms. The predicted octanol–water partition coefficient (Wildman–Crippen LogP) is 11.1. The van der Waals surface area contributed by atoms with Crippen LogP contribution in [-0.2, 0) is 19.5 Å². The highest BCUT2D eigenvalue weighted by Crippen LogP contribution is 2.14. The fourth-order valence-electron chi connectivity index (χ4n) is 5.62. The van der Waals surface area contributed by atoms with Gasteiger partial charge in [-0.2, -0.15) is 0 Å². The summed E-state index contributed by atoms with van der Waals surface area (Å²) < 4.78 is 5.22. The molecule has 1 heterocycles. The topological polar surface area (TPSA) is 8.81 Å². The number of imidazole rings is 1. The third-order valence-corrected chi connectivity index (χ3v) is 8.10. The molecule has 2 nitrogen and oxygen atoms in total. The molecule has 0 amide bonds. The molecular formula is C34H67N2+. The van der Waals surface area contributed by atoms with E-state index in [1.807, 2.05) is 0 Å². The molecule has 1 aromatic rings. The fraction of sp³-hybridized carbons (Fsp3) is 0.912. The highest BCUT2D eigenvalue weighted by atomic mass is 15.1. The molecule has 0 atom stereocenters. The minimum Gasteiger partial charge on any atom is -0.234 e. The molecule has 0 aromatic carbocycles. The SMILES string of the molecule is CCCCCCCCCCCCc1n(CCCCCCCCCCCC)cc[n+]1CCCCCCC. The van der Waals surface area contributed by atoms with Crippen LogP contribution in [-0.4, -0.2) is 4.57 Å². The number of unbranched alkanes of at least 4 members (excludes halogenated alkanes) is 22. The summed E-state index contributed by atoms with van der Waals surface area (Å²) in [4.78, 5) is 0. The lowest BCUT2D eigenvalue weighted by molar-refractivity contribution is -0.704. The number of aromatic nitrogens is 2. The Labute approximate surface area is 228 Å². The van der Waals surface area contributed by atoms with Gasteiger partial charge in [-0.1, -0.05) is 149 Å². The first-order chi connectivity index (χ1) is 17.8. The van der Waals surface area contributed by atoms with Gasteiger partial charge in [0, 0.05) is 6.42 Å². The zero-order valence-electron chi connectivity index (χ0n) is 25.3. The molecule has 0 saturated heterocycles. The Morgan fingerprint density at radius 2 is 0.861 bits per heavy atom. The zero-order chi connectivity index (χ0) is 25.9. The normalized spacial score (nSPS) is 11.5. The van der Waals surface area contributed by atoms with E-state index >= 15 is 0 Å². The molecule has 0 spiro atoms. The van der Waals surface area contributed by atoms with Gasteiger partial charge in [0.25, 0.3) is 5.82 Å². The van der Waals surface area contributed by atoms with Gasteiger partial charge in [-0.25, -0.2) is 9.13 Å². The Morgan fingerprint density at radius 3 is 1.33 bits per heavy atom. The van der Waals surface area contributed by atoms with Gasteiger partial charge in [-0.3, -0.25) is 0 Å². The van der Waals surface area contributed by atoms with E-state index in [4.69, 9.17) is 0 Å². The largest absolute Gasteiger partial charge is 0.256 e. The van der Waals surface area contributed by atoms with Gasteiger partial charge in [0.05, 0.1) is 13.1 Å². The molecule has 1 rings (SSSR count). The second-order valence-corrected chi connectivity index (χ2v) is 11.6. The summed E-state index contributed by atoms with van der Waals surface area (Å²) in [5.41, 5.74) is 0. The average Bonchev–Trinajstić information content (AvgIpc) is 3.27. The molecule has 0 bridgehead atoms. The summed E-state index contributed by atoms with van der Waals surface area (Å²) in [6.45, 7) is 9.38. The first kappa shape index (κ1) is 33.2. The minimum atomic E-state index is 1.22. The van der Waals surface area contributed by atoms with Gasteiger partial charge in [0.1, 0.15) is 12.4 Å². The average molecular weight is 504 g/mol. The summed E-state index contributed by atoms with van der Waals surface area (Å²) in [6, 6.07) is 0. The molecule has 0 radical (unpaired) electrons. The van der Waals surface area contributed by atoms with Gasteiger partial charge in [-0.05, 0) is 32.1 Å². The van der Waals surface area contributed by atoms with Crippen molar-refractivity contribution in [1.82, 2.24) is 4.57 Å². The standard InChI is InChI=1S/C34H67N2/c1-4-7-10-13-15-17-19-21-23-26-29-34-35(30-27-24-12-9-6-3)32-33-36(34)31-28-25-22-20-18-16-14-11-8-5-2/h32-33H,4-31H2,1-3H3/q+1. The molecule has 0 unspecified atom stereocenters. The number of rotatable bonds is 28. The summed E-state index contributed by atoms with van der Waals surface area (Å²) in [6.07, 6.45) is 41.4. The summed E-state index contributed by atoms with van der Waals surface area (Å²) in [7, 11) is 0. The van der Waals surface area contributed by atoms with E-state index in [0.717, 1.165) is 0 Å². The van der Waals surface area contributed by atoms with Crippen LogP contribution in [0.15, 0.2) is 12.4 Å². The van der Waals surface area contributed by atoms with Crippen molar-refractivity contribution in [1.29, 1.82) is 0 Å². The molecular weight excluding hydrogens is 436 g/mol. The van der Waals surface area contributed by atoms with Crippen molar-refractivity contribution < 1.29 is 4.57 Å². The highest BCUT2D eigenvalue weighted by Gasteiger charge is 2.16. The molecule has 0 fully saturated rings. The Morgan fingerprint density at radius 1 is 0.472 bits per heavy atom. The smallest absolute Gasteiger partial charge is 0.234 e. The number of hydrogen-bond acceptors (Lipinski definition) is 0. The summed E-state index contributed by atoms with van der Waals surface area (Å²) in [5.74, 6) is 1.61. The van der Waals surface area contributed by atoms with Crippen LogP contribution < -0.4 is 4.57 Å². The van der Waals surface area contributed by atoms with Crippen molar-refractivity contribution in [3.8, 4) is 0 Å². The minimum absolute atomic E-state index is 1.22. The van der Waals surface area contributed by atoms with Gasteiger partial charge in [0.15, 0.2) is 0 Å². The zero-order valence-corrected chi connectivity index (χ0v) is 25.3. The maximum atomic E-state index is 2.62. The summed E-state index contributed by atoms with van der Waals surface area (Å²) >= 11 is 0. The summed E-state index contributed by atoms with van der Waals surface area (Å²) in [5, 5.41) is 0. The molecule has 0 saturated carbocycles. The molecule has 212 valence electrons. The van der Waals surface area contributed by atoms with Crippen LogP contribution in [0.1, 0.15) is 187 Å². The van der Waals surface area contributed by atoms with Gasteiger partial charge >= 0.3 is 0 Å². The maximum Gasteiger partial charge on any atom is 0.256 e. The first-order valence-corrected chi connectivity index (χ1v) is 16.9. The van der Waals surface area contributed by atoms with Crippen molar-refractivity contribution in [2.24, 2.45) is 0 Å². The highest BCUT2D eigenvalue weighted by molar-refractivity contribution is 4.84. The van der Waals surface area contributed by atoms with Crippen LogP contribution in [0.25, 0.3) is 0 Å². The van der Waals surface area contributed by atoms with Crippen LogP contribution in [0.2, 0.25) is 0 Å². The van der Waals surface area contributed by atoms with E-state index in [0.29, 0.717) is 0 Å². The van der Waals surface area contributed by atoms with Gasteiger partial charge in [-0.15, -0.1) is 0 Å².